The number of likely N-dealkylation sites (N-methyl/N-ethyl adjacent to an activating group) is 1. The monoisotopic (exact) mass is 331 g/mol. The van der Waals surface area contributed by atoms with Crippen LogP contribution in [-0.2, 0) is 6.42 Å². The predicted octanol–water partition coefficient (Wildman–Crippen LogP) is 1.45. The van der Waals surface area contributed by atoms with Gasteiger partial charge in [0.25, 0.3) is 0 Å². The molecule has 7 nitrogen and oxygen atoms in total. The maximum atomic E-state index is 8.80. The highest BCUT2D eigenvalue weighted by atomic mass is 16.5. The molecule has 0 spiro atoms. The smallest absolute Gasteiger partial charge is 0.139 e. The minimum absolute atomic E-state index is 0.252. The standard InChI is InChI=1S/C17H25N5O2/c1-21-7-6-15(21)13-24-17-9-16(10-18-11-17)22-12-14(19-20-22)5-3-2-4-8-23/h9-12,15,23H,2-8,13H2,1H3/t15-/m0/s1. The van der Waals surface area contributed by atoms with Crippen LogP contribution in [0.25, 0.3) is 5.69 Å². The van der Waals surface area contributed by atoms with Crippen molar-refractivity contribution in [2.24, 2.45) is 0 Å². The maximum absolute atomic E-state index is 8.80. The third-order valence-corrected chi connectivity index (χ3v) is 4.48. The highest BCUT2D eigenvalue weighted by molar-refractivity contribution is 5.34. The van der Waals surface area contributed by atoms with Crippen molar-refractivity contribution in [1.82, 2.24) is 24.9 Å². The summed E-state index contributed by atoms with van der Waals surface area (Å²) in [7, 11) is 2.11. The van der Waals surface area contributed by atoms with Gasteiger partial charge in [-0.25, -0.2) is 4.68 Å². The van der Waals surface area contributed by atoms with Gasteiger partial charge in [0, 0.05) is 18.7 Å². The van der Waals surface area contributed by atoms with Crippen LogP contribution in [0.1, 0.15) is 31.4 Å². The first kappa shape index (κ1) is 16.9. The SMILES string of the molecule is CN1CC[C@H]1COc1cncc(-n2cc(CCCCCO)nn2)c1. The first-order chi connectivity index (χ1) is 11.8. The minimum Gasteiger partial charge on any atom is -0.490 e. The Hall–Kier alpha value is -1.99. The van der Waals surface area contributed by atoms with Gasteiger partial charge in [0.1, 0.15) is 12.4 Å². The van der Waals surface area contributed by atoms with Gasteiger partial charge >= 0.3 is 0 Å². The van der Waals surface area contributed by atoms with Crippen molar-refractivity contribution in [1.29, 1.82) is 0 Å². The fourth-order valence-electron chi connectivity index (χ4n) is 2.72. The van der Waals surface area contributed by atoms with Gasteiger partial charge in [0.2, 0.25) is 0 Å². The van der Waals surface area contributed by atoms with Gasteiger partial charge in [-0.3, -0.25) is 9.88 Å². The van der Waals surface area contributed by atoms with Crippen LogP contribution in [0.5, 0.6) is 5.75 Å². The van der Waals surface area contributed by atoms with Crippen LogP contribution in [0, 0.1) is 0 Å². The Morgan fingerprint density at radius 1 is 1.29 bits per heavy atom. The number of aromatic nitrogens is 4. The van der Waals surface area contributed by atoms with E-state index in [1.807, 2.05) is 12.3 Å². The molecule has 0 aliphatic carbocycles. The molecule has 1 N–H and O–H groups in total. The number of hydrogen-bond acceptors (Lipinski definition) is 6. The molecule has 2 aromatic heterocycles. The molecule has 0 saturated carbocycles. The van der Waals surface area contributed by atoms with Gasteiger partial charge in [-0.1, -0.05) is 11.6 Å². The Morgan fingerprint density at radius 3 is 2.96 bits per heavy atom. The summed E-state index contributed by atoms with van der Waals surface area (Å²) in [5.41, 5.74) is 1.80. The first-order valence-electron chi connectivity index (χ1n) is 8.57. The second-order valence-electron chi connectivity index (χ2n) is 6.30. The van der Waals surface area contributed by atoms with Gasteiger partial charge in [-0.2, -0.15) is 0 Å². The molecular formula is C17H25N5O2. The first-order valence-corrected chi connectivity index (χ1v) is 8.57. The second kappa shape index (κ2) is 8.21. The molecule has 3 rings (SSSR count). The van der Waals surface area contributed by atoms with Crippen molar-refractivity contribution in [3.63, 3.8) is 0 Å². The molecule has 0 radical (unpaired) electrons. The highest BCUT2D eigenvalue weighted by Gasteiger charge is 2.24. The molecule has 1 saturated heterocycles. The minimum atomic E-state index is 0.252. The van der Waals surface area contributed by atoms with E-state index in [-0.39, 0.29) is 6.61 Å². The number of pyridine rings is 1. The van der Waals surface area contributed by atoms with Crippen LogP contribution in [0.2, 0.25) is 0 Å². The number of rotatable bonds is 9. The Bertz CT molecular complexity index is 645. The third kappa shape index (κ3) is 4.30. The summed E-state index contributed by atoms with van der Waals surface area (Å²) in [6, 6.07) is 2.45. The largest absolute Gasteiger partial charge is 0.490 e. The Kier molecular flexibility index (Phi) is 5.77. The number of hydrogen-bond donors (Lipinski definition) is 1. The van der Waals surface area contributed by atoms with Crippen LogP contribution in [0.15, 0.2) is 24.7 Å². The van der Waals surface area contributed by atoms with Crippen LogP contribution in [0.3, 0.4) is 0 Å². The summed E-state index contributed by atoms with van der Waals surface area (Å²) >= 11 is 0. The van der Waals surface area contributed by atoms with Gasteiger partial charge in [0.05, 0.1) is 30.0 Å². The Balaban J connectivity index is 1.56. The van der Waals surface area contributed by atoms with E-state index in [4.69, 9.17) is 9.84 Å². The number of aryl methyl sites for hydroxylation is 1. The Labute approximate surface area is 142 Å². The van der Waals surface area contributed by atoms with Crippen molar-refractivity contribution in [3.05, 3.63) is 30.4 Å². The van der Waals surface area contributed by atoms with Crippen LogP contribution < -0.4 is 4.74 Å². The highest BCUT2D eigenvalue weighted by Crippen LogP contribution is 2.19. The van der Waals surface area contributed by atoms with E-state index in [1.54, 1.807) is 17.1 Å². The average Bonchev–Trinajstić information content (AvgIpc) is 3.07. The van der Waals surface area contributed by atoms with Crippen molar-refractivity contribution in [2.75, 3.05) is 26.8 Å². The molecule has 1 aliphatic rings. The number of unbranched alkanes of at least 4 members (excludes halogenated alkanes) is 2. The lowest BCUT2D eigenvalue weighted by Gasteiger charge is -2.37. The van der Waals surface area contributed by atoms with Crippen molar-refractivity contribution >= 4 is 0 Å². The zero-order chi connectivity index (χ0) is 16.8. The van der Waals surface area contributed by atoms with Gasteiger partial charge < -0.3 is 9.84 Å². The Morgan fingerprint density at radius 2 is 2.21 bits per heavy atom. The molecule has 3 heterocycles. The quantitative estimate of drug-likeness (QED) is 0.701. The van der Waals surface area contributed by atoms with E-state index in [9.17, 15) is 0 Å². The number of nitrogens with zero attached hydrogens (tertiary/aromatic N) is 5. The molecule has 0 aromatic carbocycles. The molecule has 130 valence electrons. The average molecular weight is 331 g/mol. The molecule has 1 atom stereocenters. The van der Waals surface area contributed by atoms with Gasteiger partial charge in [-0.05, 0) is 39.3 Å². The number of likely N-dealkylation sites (tertiary alicyclic amines) is 1. The fourth-order valence-corrected chi connectivity index (χ4v) is 2.72. The predicted molar refractivity (Wildman–Crippen MR) is 90.3 cm³/mol. The number of aliphatic hydroxyl groups excluding tert-OH is 1. The number of aliphatic hydroxyl groups is 1. The van der Waals surface area contributed by atoms with Crippen LogP contribution >= 0.6 is 0 Å². The van der Waals surface area contributed by atoms with E-state index in [0.29, 0.717) is 12.6 Å². The molecule has 2 aromatic rings. The summed E-state index contributed by atoms with van der Waals surface area (Å²) in [4.78, 5) is 6.53. The lowest BCUT2D eigenvalue weighted by Crippen LogP contribution is -2.48. The summed E-state index contributed by atoms with van der Waals surface area (Å²) in [6.45, 7) is 2.09. The molecule has 0 amide bonds. The fraction of sp³-hybridized carbons (Fsp3) is 0.588. The van der Waals surface area contributed by atoms with E-state index in [0.717, 1.165) is 49.4 Å². The topological polar surface area (TPSA) is 76.3 Å². The van der Waals surface area contributed by atoms with E-state index in [2.05, 4.69) is 27.2 Å². The zero-order valence-corrected chi connectivity index (χ0v) is 14.1. The summed E-state index contributed by atoms with van der Waals surface area (Å²) in [6.07, 6.45) is 10.3. The van der Waals surface area contributed by atoms with Gasteiger partial charge in [-0.15, -0.1) is 5.10 Å². The zero-order valence-electron chi connectivity index (χ0n) is 14.1. The summed E-state index contributed by atoms with van der Waals surface area (Å²) in [5, 5.41) is 17.2. The summed E-state index contributed by atoms with van der Waals surface area (Å²) < 4.78 is 7.58. The van der Waals surface area contributed by atoms with E-state index in [1.165, 1.54) is 6.42 Å². The lowest BCUT2D eigenvalue weighted by molar-refractivity contribution is 0.0767. The van der Waals surface area contributed by atoms with E-state index >= 15 is 0 Å². The second-order valence-corrected chi connectivity index (χ2v) is 6.30. The maximum Gasteiger partial charge on any atom is 0.139 e. The molecule has 0 bridgehead atoms. The van der Waals surface area contributed by atoms with Crippen LogP contribution in [0.4, 0.5) is 0 Å². The van der Waals surface area contributed by atoms with Crippen LogP contribution in [-0.4, -0.2) is 62.8 Å². The van der Waals surface area contributed by atoms with E-state index < -0.39 is 0 Å². The number of ether oxygens (including phenoxy) is 1. The van der Waals surface area contributed by atoms with Crippen molar-refractivity contribution in [3.8, 4) is 11.4 Å². The molecule has 0 unspecified atom stereocenters. The molecule has 7 heteroatoms. The van der Waals surface area contributed by atoms with Gasteiger partial charge in [0.15, 0.2) is 0 Å². The van der Waals surface area contributed by atoms with Crippen molar-refractivity contribution in [2.45, 2.75) is 38.1 Å². The third-order valence-electron chi connectivity index (χ3n) is 4.48. The summed E-state index contributed by atoms with van der Waals surface area (Å²) in [5.74, 6) is 0.757. The molecular weight excluding hydrogens is 306 g/mol. The molecule has 1 fully saturated rings. The molecule has 24 heavy (non-hydrogen) atoms. The van der Waals surface area contributed by atoms with Crippen molar-refractivity contribution < 1.29 is 9.84 Å². The lowest BCUT2D eigenvalue weighted by atomic mass is 10.1. The molecule has 1 aliphatic heterocycles. The normalized spacial score (nSPS) is 17.7.